The van der Waals surface area contributed by atoms with Crippen molar-refractivity contribution >= 4 is 22.5 Å². The first-order chi connectivity index (χ1) is 15.6. The second-order valence-corrected chi connectivity index (χ2v) is 9.96. The summed E-state index contributed by atoms with van der Waals surface area (Å²) in [5.41, 5.74) is 6.58. The molecule has 3 aromatic carbocycles. The first-order valence-electron chi connectivity index (χ1n) is 11.5. The Bertz CT molecular complexity index is 1280. The second-order valence-electron chi connectivity index (χ2n) is 9.53. The highest BCUT2D eigenvalue weighted by molar-refractivity contribution is 6.31. The number of nitrogens with one attached hydrogen (secondary N) is 1. The standard InChI is InChI=1S/C28H27ClN2O/c29-22-9-10-24-25-14-21-18-31(17-19-5-2-1-3-6-19)12-11-28(21,16-27(25)30-26(24)15-22)20-7-4-8-23(32)13-20/h1-10,13,15,21,30,32H,11-12,14,16-18H2. The van der Waals surface area contributed by atoms with Crippen LogP contribution in [0.3, 0.4) is 0 Å². The van der Waals surface area contributed by atoms with Crippen LogP contribution >= 0.6 is 11.6 Å². The Hall–Kier alpha value is -2.75. The summed E-state index contributed by atoms with van der Waals surface area (Å²) in [4.78, 5) is 6.30. The maximum absolute atomic E-state index is 10.3. The second kappa shape index (κ2) is 7.68. The molecule has 0 amide bonds. The molecule has 0 bridgehead atoms. The molecule has 1 fully saturated rings. The SMILES string of the molecule is Oc1cccc(C23CCN(Cc4ccccc4)CC2Cc2c([nH]c4cc(Cl)ccc24)C3)c1. The molecule has 3 nitrogen and oxygen atoms in total. The number of fused-ring (bicyclic) bond motifs is 4. The number of rotatable bonds is 3. The van der Waals surface area contributed by atoms with Gasteiger partial charge in [0.2, 0.25) is 0 Å². The molecule has 0 radical (unpaired) electrons. The number of aromatic nitrogens is 1. The van der Waals surface area contributed by atoms with E-state index >= 15 is 0 Å². The van der Waals surface area contributed by atoms with E-state index in [-0.39, 0.29) is 5.41 Å². The van der Waals surface area contributed by atoms with Gasteiger partial charge in [-0.15, -0.1) is 0 Å². The fourth-order valence-corrected chi connectivity index (χ4v) is 6.32. The van der Waals surface area contributed by atoms with Gasteiger partial charge in [0.1, 0.15) is 5.75 Å². The topological polar surface area (TPSA) is 39.3 Å². The van der Waals surface area contributed by atoms with E-state index in [0.29, 0.717) is 11.7 Å². The zero-order chi connectivity index (χ0) is 21.7. The van der Waals surface area contributed by atoms with Crippen LogP contribution in [0.4, 0.5) is 0 Å². The molecule has 2 N–H and O–H groups in total. The Morgan fingerprint density at radius 2 is 1.91 bits per heavy atom. The van der Waals surface area contributed by atoms with Gasteiger partial charge < -0.3 is 10.1 Å². The fraction of sp³-hybridized carbons (Fsp3) is 0.286. The summed E-state index contributed by atoms with van der Waals surface area (Å²) in [6, 6.07) is 25.0. The average molecular weight is 443 g/mol. The molecule has 0 spiro atoms. The molecule has 6 rings (SSSR count). The number of aromatic hydroxyl groups is 1. The zero-order valence-electron chi connectivity index (χ0n) is 18.0. The predicted molar refractivity (Wildman–Crippen MR) is 130 cm³/mol. The lowest BCUT2D eigenvalue weighted by Gasteiger charge is -2.51. The summed E-state index contributed by atoms with van der Waals surface area (Å²) >= 11 is 6.29. The van der Waals surface area contributed by atoms with Crippen LogP contribution in [-0.2, 0) is 24.8 Å². The Kier molecular flexibility index (Phi) is 4.78. The molecule has 1 aliphatic carbocycles. The van der Waals surface area contributed by atoms with Crippen LogP contribution in [0.2, 0.25) is 5.02 Å². The summed E-state index contributed by atoms with van der Waals surface area (Å²) < 4.78 is 0. The van der Waals surface area contributed by atoms with Gasteiger partial charge in [-0.2, -0.15) is 0 Å². The first kappa shape index (κ1) is 19.9. The Morgan fingerprint density at radius 3 is 2.75 bits per heavy atom. The molecule has 32 heavy (non-hydrogen) atoms. The third kappa shape index (κ3) is 3.32. The molecular weight excluding hydrogens is 416 g/mol. The maximum atomic E-state index is 10.3. The molecule has 0 saturated carbocycles. The summed E-state index contributed by atoms with van der Waals surface area (Å²) in [6.45, 7) is 3.11. The van der Waals surface area contributed by atoms with Gasteiger partial charge in [0.25, 0.3) is 0 Å². The van der Waals surface area contributed by atoms with E-state index < -0.39 is 0 Å². The van der Waals surface area contributed by atoms with Gasteiger partial charge in [0, 0.05) is 40.1 Å². The van der Waals surface area contributed by atoms with Gasteiger partial charge in [-0.3, -0.25) is 4.90 Å². The van der Waals surface area contributed by atoms with Crippen LogP contribution in [-0.4, -0.2) is 28.1 Å². The third-order valence-corrected chi connectivity index (χ3v) is 7.94. The van der Waals surface area contributed by atoms with E-state index in [1.54, 1.807) is 6.07 Å². The van der Waals surface area contributed by atoms with E-state index in [1.807, 2.05) is 24.3 Å². The number of aromatic amines is 1. The van der Waals surface area contributed by atoms with Crippen molar-refractivity contribution < 1.29 is 5.11 Å². The Balaban J connectivity index is 1.41. The number of likely N-dealkylation sites (tertiary alicyclic amines) is 1. The summed E-state index contributed by atoms with van der Waals surface area (Å²) in [6.07, 6.45) is 3.10. The van der Waals surface area contributed by atoms with E-state index in [2.05, 4.69) is 52.3 Å². The zero-order valence-corrected chi connectivity index (χ0v) is 18.8. The van der Waals surface area contributed by atoms with Crippen molar-refractivity contribution in [2.75, 3.05) is 13.1 Å². The van der Waals surface area contributed by atoms with Crippen molar-refractivity contribution in [3.8, 4) is 5.75 Å². The van der Waals surface area contributed by atoms with Crippen molar-refractivity contribution in [1.82, 2.24) is 9.88 Å². The quantitative estimate of drug-likeness (QED) is 0.403. The van der Waals surface area contributed by atoms with Crippen molar-refractivity contribution in [2.45, 2.75) is 31.2 Å². The van der Waals surface area contributed by atoms with E-state index in [9.17, 15) is 5.11 Å². The van der Waals surface area contributed by atoms with Gasteiger partial charge in [-0.25, -0.2) is 0 Å². The van der Waals surface area contributed by atoms with Crippen molar-refractivity contribution in [1.29, 1.82) is 0 Å². The van der Waals surface area contributed by atoms with Gasteiger partial charge >= 0.3 is 0 Å². The molecule has 162 valence electrons. The van der Waals surface area contributed by atoms with Crippen LogP contribution in [0.1, 0.15) is 28.8 Å². The van der Waals surface area contributed by atoms with Crippen LogP contribution < -0.4 is 0 Å². The number of hydrogen-bond acceptors (Lipinski definition) is 2. The Labute approximate surface area is 193 Å². The van der Waals surface area contributed by atoms with Gasteiger partial charge in [-0.1, -0.05) is 60.1 Å². The maximum Gasteiger partial charge on any atom is 0.115 e. The number of H-pyrrole nitrogens is 1. The fourth-order valence-electron chi connectivity index (χ4n) is 6.14. The third-order valence-electron chi connectivity index (χ3n) is 7.70. The monoisotopic (exact) mass is 442 g/mol. The number of hydrogen-bond donors (Lipinski definition) is 2. The number of nitrogens with zero attached hydrogens (tertiary/aromatic N) is 1. The molecule has 1 saturated heterocycles. The molecule has 1 aliphatic heterocycles. The lowest BCUT2D eigenvalue weighted by atomic mass is 9.58. The van der Waals surface area contributed by atoms with Crippen molar-refractivity contribution in [3.05, 3.63) is 100 Å². The van der Waals surface area contributed by atoms with Gasteiger partial charge in [0.15, 0.2) is 0 Å². The number of phenols is 1. The van der Waals surface area contributed by atoms with E-state index in [0.717, 1.165) is 49.4 Å². The van der Waals surface area contributed by atoms with E-state index in [1.165, 1.54) is 27.8 Å². The lowest BCUT2D eigenvalue weighted by Crippen LogP contribution is -2.53. The van der Waals surface area contributed by atoms with Crippen LogP contribution in [0.25, 0.3) is 10.9 Å². The van der Waals surface area contributed by atoms with Gasteiger partial charge in [0.05, 0.1) is 0 Å². The minimum atomic E-state index is 0.0313. The lowest BCUT2D eigenvalue weighted by molar-refractivity contribution is 0.0765. The van der Waals surface area contributed by atoms with Gasteiger partial charge in [-0.05, 0) is 72.7 Å². The van der Waals surface area contributed by atoms with Crippen molar-refractivity contribution in [3.63, 3.8) is 0 Å². The summed E-state index contributed by atoms with van der Waals surface area (Å²) in [7, 11) is 0. The minimum Gasteiger partial charge on any atom is -0.508 e. The summed E-state index contributed by atoms with van der Waals surface area (Å²) in [5.74, 6) is 0.848. The Morgan fingerprint density at radius 1 is 1.03 bits per heavy atom. The molecule has 4 aromatic rings. The number of halogens is 1. The first-order valence-corrected chi connectivity index (χ1v) is 11.8. The smallest absolute Gasteiger partial charge is 0.115 e. The molecule has 2 heterocycles. The van der Waals surface area contributed by atoms with Crippen LogP contribution in [0.15, 0.2) is 72.8 Å². The van der Waals surface area contributed by atoms with Crippen molar-refractivity contribution in [2.24, 2.45) is 5.92 Å². The number of benzene rings is 3. The van der Waals surface area contributed by atoms with Crippen LogP contribution in [0, 0.1) is 5.92 Å². The molecule has 2 aliphatic rings. The minimum absolute atomic E-state index is 0.0313. The van der Waals surface area contributed by atoms with E-state index in [4.69, 9.17) is 11.6 Å². The largest absolute Gasteiger partial charge is 0.508 e. The highest BCUT2D eigenvalue weighted by atomic mass is 35.5. The number of piperidine rings is 1. The number of phenolic OH excluding ortho intramolecular Hbond substituents is 1. The molecule has 4 heteroatoms. The predicted octanol–water partition coefficient (Wildman–Crippen LogP) is 6.09. The van der Waals surface area contributed by atoms with Crippen LogP contribution in [0.5, 0.6) is 5.75 Å². The normalized spacial score (nSPS) is 23.1. The highest BCUT2D eigenvalue weighted by Crippen LogP contribution is 2.49. The molecular formula is C28H27ClN2O. The molecule has 2 atom stereocenters. The average Bonchev–Trinajstić information content (AvgIpc) is 3.14. The summed E-state index contributed by atoms with van der Waals surface area (Å²) in [5, 5.41) is 12.4. The molecule has 2 unspecified atom stereocenters. The molecule has 1 aromatic heterocycles. The highest BCUT2D eigenvalue weighted by Gasteiger charge is 2.48.